The van der Waals surface area contributed by atoms with E-state index in [1.807, 2.05) is 0 Å². The zero-order valence-electron chi connectivity index (χ0n) is 9.11. The van der Waals surface area contributed by atoms with Crippen LogP contribution in [-0.2, 0) is 0 Å². The number of hydrogen-bond donors (Lipinski definition) is 2. The topological polar surface area (TPSA) is 67.6 Å². The van der Waals surface area contributed by atoms with Gasteiger partial charge in [0.2, 0.25) is 0 Å². The van der Waals surface area contributed by atoms with E-state index in [4.69, 9.17) is 5.73 Å². The van der Waals surface area contributed by atoms with Crippen molar-refractivity contribution in [1.82, 2.24) is 15.0 Å². The second-order valence-corrected chi connectivity index (χ2v) is 3.84. The first-order valence-corrected chi connectivity index (χ1v) is 5.20. The molecule has 2 heterocycles. The number of fused-ring (bicyclic) bond motifs is 1. The number of nitrogens with one attached hydrogen (secondary N) is 1. The third-order valence-corrected chi connectivity index (χ3v) is 2.56. The fourth-order valence-electron chi connectivity index (χ4n) is 1.72. The lowest BCUT2D eigenvalue weighted by Crippen LogP contribution is -1.89. The lowest BCUT2D eigenvalue weighted by atomic mass is 10.3. The van der Waals surface area contributed by atoms with Crippen LogP contribution in [0.4, 0.5) is 14.6 Å². The van der Waals surface area contributed by atoms with Crippen LogP contribution in [0.15, 0.2) is 30.5 Å². The Labute approximate surface area is 100 Å². The fraction of sp³-hybridized carbons (Fsp3) is 0. The number of benzene rings is 1. The van der Waals surface area contributed by atoms with Crippen LogP contribution >= 0.6 is 0 Å². The van der Waals surface area contributed by atoms with Gasteiger partial charge in [-0.3, -0.25) is 0 Å². The van der Waals surface area contributed by atoms with Crippen LogP contribution in [0, 0.1) is 11.6 Å². The van der Waals surface area contributed by atoms with Gasteiger partial charge < -0.3 is 10.7 Å². The number of nitrogens with two attached hydrogens (primary N) is 1. The third-order valence-electron chi connectivity index (χ3n) is 2.56. The predicted molar refractivity (Wildman–Crippen MR) is 63.7 cm³/mol. The standard InChI is InChI=1S/C12H8F2N4/c13-7-3-8(14)11-9(4-7)17-12(18-11)6-1-2-10(15)16-5-6/h1-5H,(H2,15,16)(H,17,18). The summed E-state index contributed by atoms with van der Waals surface area (Å²) >= 11 is 0. The van der Waals surface area contributed by atoms with E-state index in [9.17, 15) is 8.78 Å². The van der Waals surface area contributed by atoms with Crippen molar-refractivity contribution in [3.63, 3.8) is 0 Å². The Morgan fingerprint density at radius 1 is 1.17 bits per heavy atom. The molecular formula is C12H8F2N4. The highest BCUT2D eigenvalue weighted by Gasteiger charge is 2.11. The molecule has 4 nitrogen and oxygen atoms in total. The summed E-state index contributed by atoms with van der Waals surface area (Å²) in [4.78, 5) is 10.8. The summed E-state index contributed by atoms with van der Waals surface area (Å²) in [7, 11) is 0. The lowest BCUT2D eigenvalue weighted by molar-refractivity contribution is 0.591. The van der Waals surface area contributed by atoms with Crippen LogP contribution in [0.1, 0.15) is 0 Å². The molecule has 0 unspecified atom stereocenters. The van der Waals surface area contributed by atoms with Gasteiger partial charge in [-0.05, 0) is 18.2 Å². The first kappa shape index (κ1) is 10.6. The molecule has 18 heavy (non-hydrogen) atoms. The Bertz CT molecular complexity index is 719. The SMILES string of the molecule is Nc1ccc(-c2nc3c(F)cc(F)cc3[nH]2)cn1. The molecule has 3 aromatic rings. The number of aromatic amines is 1. The smallest absolute Gasteiger partial charge is 0.153 e. The van der Waals surface area contributed by atoms with Gasteiger partial charge in [-0.15, -0.1) is 0 Å². The van der Waals surface area contributed by atoms with Gasteiger partial charge in [0.05, 0.1) is 5.52 Å². The van der Waals surface area contributed by atoms with Gasteiger partial charge in [0, 0.05) is 17.8 Å². The van der Waals surface area contributed by atoms with Crippen LogP contribution in [0.25, 0.3) is 22.4 Å². The molecule has 90 valence electrons. The molecule has 2 aromatic heterocycles. The van der Waals surface area contributed by atoms with Gasteiger partial charge in [0.25, 0.3) is 0 Å². The van der Waals surface area contributed by atoms with Crippen molar-refractivity contribution in [3.05, 3.63) is 42.1 Å². The normalized spacial score (nSPS) is 11.0. The average Bonchev–Trinajstić information content (AvgIpc) is 2.74. The zero-order chi connectivity index (χ0) is 12.7. The highest BCUT2D eigenvalue weighted by atomic mass is 19.1. The molecule has 0 aliphatic carbocycles. The molecule has 0 fully saturated rings. The number of hydrogen-bond acceptors (Lipinski definition) is 3. The Hall–Kier alpha value is -2.50. The van der Waals surface area contributed by atoms with Crippen molar-refractivity contribution >= 4 is 16.9 Å². The predicted octanol–water partition coefficient (Wildman–Crippen LogP) is 2.49. The molecule has 0 bridgehead atoms. The van der Waals surface area contributed by atoms with E-state index in [-0.39, 0.29) is 5.52 Å². The van der Waals surface area contributed by atoms with Crippen molar-refractivity contribution in [2.45, 2.75) is 0 Å². The largest absolute Gasteiger partial charge is 0.384 e. The maximum Gasteiger partial charge on any atom is 0.153 e. The third kappa shape index (κ3) is 1.67. The molecule has 1 aromatic carbocycles. The molecule has 0 radical (unpaired) electrons. The fourth-order valence-corrected chi connectivity index (χ4v) is 1.72. The average molecular weight is 246 g/mol. The van der Waals surface area contributed by atoms with Crippen LogP contribution in [0.3, 0.4) is 0 Å². The summed E-state index contributed by atoms with van der Waals surface area (Å²) in [5.41, 5.74) is 6.53. The number of anilines is 1. The Balaban J connectivity index is 2.19. The van der Waals surface area contributed by atoms with E-state index >= 15 is 0 Å². The lowest BCUT2D eigenvalue weighted by Gasteiger charge is -1.95. The van der Waals surface area contributed by atoms with Crippen molar-refractivity contribution in [1.29, 1.82) is 0 Å². The minimum atomic E-state index is -0.698. The molecule has 0 aliphatic rings. The summed E-state index contributed by atoms with van der Waals surface area (Å²) in [6, 6.07) is 5.31. The molecule has 3 N–H and O–H groups in total. The second-order valence-electron chi connectivity index (χ2n) is 3.84. The van der Waals surface area contributed by atoms with E-state index in [1.54, 1.807) is 12.1 Å². The number of nitrogen functional groups attached to an aromatic ring is 1. The van der Waals surface area contributed by atoms with Gasteiger partial charge in [-0.2, -0.15) is 0 Å². The van der Waals surface area contributed by atoms with E-state index in [0.717, 1.165) is 6.07 Å². The number of nitrogens with zero attached hydrogens (tertiary/aromatic N) is 2. The zero-order valence-corrected chi connectivity index (χ0v) is 9.11. The van der Waals surface area contributed by atoms with Crippen LogP contribution < -0.4 is 5.73 Å². The highest BCUT2D eigenvalue weighted by Crippen LogP contribution is 2.23. The van der Waals surface area contributed by atoms with Crippen molar-refractivity contribution < 1.29 is 8.78 Å². The molecule has 6 heteroatoms. The number of imidazole rings is 1. The molecule has 3 rings (SSSR count). The van der Waals surface area contributed by atoms with Crippen molar-refractivity contribution in [2.24, 2.45) is 0 Å². The number of rotatable bonds is 1. The van der Waals surface area contributed by atoms with E-state index < -0.39 is 11.6 Å². The first-order valence-electron chi connectivity index (χ1n) is 5.20. The summed E-state index contributed by atoms with van der Waals surface area (Å²) in [5, 5.41) is 0. The second kappa shape index (κ2) is 3.76. The molecular weight excluding hydrogens is 238 g/mol. The highest BCUT2D eigenvalue weighted by molar-refractivity contribution is 5.79. The summed E-state index contributed by atoms with van der Waals surface area (Å²) in [5.74, 6) is -0.546. The first-order chi connectivity index (χ1) is 8.63. The minimum absolute atomic E-state index is 0.100. The van der Waals surface area contributed by atoms with Gasteiger partial charge in [0.15, 0.2) is 5.82 Å². The Morgan fingerprint density at radius 2 is 2.00 bits per heavy atom. The maximum absolute atomic E-state index is 13.5. The summed E-state index contributed by atoms with van der Waals surface area (Å²) in [6.07, 6.45) is 1.52. The Morgan fingerprint density at radius 3 is 2.72 bits per heavy atom. The molecule has 0 saturated heterocycles. The van der Waals surface area contributed by atoms with Crippen LogP contribution in [0.2, 0.25) is 0 Å². The minimum Gasteiger partial charge on any atom is -0.384 e. The Kier molecular flexibility index (Phi) is 2.22. The van der Waals surface area contributed by atoms with E-state index in [0.29, 0.717) is 22.7 Å². The van der Waals surface area contributed by atoms with Gasteiger partial charge in [0.1, 0.15) is 23.0 Å². The molecule has 0 spiro atoms. The van der Waals surface area contributed by atoms with Gasteiger partial charge in [-0.1, -0.05) is 0 Å². The maximum atomic E-state index is 13.5. The van der Waals surface area contributed by atoms with Gasteiger partial charge >= 0.3 is 0 Å². The quantitative estimate of drug-likeness (QED) is 0.693. The number of aromatic nitrogens is 3. The summed E-state index contributed by atoms with van der Waals surface area (Å²) in [6.45, 7) is 0. The van der Waals surface area contributed by atoms with E-state index in [2.05, 4.69) is 15.0 Å². The van der Waals surface area contributed by atoms with Gasteiger partial charge in [-0.25, -0.2) is 18.7 Å². The van der Waals surface area contributed by atoms with Crippen LogP contribution in [0.5, 0.6) is 0 Å². The number of H-pyrrole nitrogens is 1. The summed E-state index contributed by atoms with van der Waals surface area (Å²) < 4.78 is 26.5. The molecule has 0 atom stereocenters. The molecule has 0 amide bonds. The van der Waals surface area contributed by atoms with Crippen molar-refractivity contribution in [3.8, 4) is 11.4 Å². The molecule has 0 aliphatic heterocycles. The van der Waals surface area contributed by atoms with E-state index in [1.165, 1.54) is 12.3 Å². The van der Waals surface area contributed by atoms with Crippen LogP contribution in [-0.4, -0.2) is 15.0 Å². The number of halogens is 2. The van der Waals surface area contributed by atoms with Crippen molar-refractivity contribution in [2.75, 3.05) is 5.73 Å². The molecule has 0 saturated carbocycles. The number of pyridine rings is 1. The monoisotopic (exact) mass is 246 g/mol.